The van der Waals surface area contributed by atoms with Gasteiger partial charge in [0.15, 0.2) is 0 Å². The van der Waals surface area contributed by atoms with Crippen molar-refractivity contribution in [2.45, 2.75) is 78.0 Å². The number of aromatic nitrogens is 3. The van der Waals surface area contributed by atoms with Crippen molar-refractivity contribution in [1.82, 2.24) is 15.0 Å². The van der Waals surface area contributed by atoms with Crippen LogP contribution in [0.2, 0.25) is 0 Å². The standard InChI is InChI=1S/C30H38N6O3.H2/c1-19-6-7-21-8-9-24(35-29(21)34-19)12-13-38-25-10-11-26(22(14-25)16-31)36-27(15-28(37)39-30(3,4)5)23-17-32-20(2)33-18-23;/h8-11,14,16-19,27,31,36H,6-7,12-13,15H2,1-5H3,(H,34,35);1H. The topological polar surface area (TPSA) is 122 Å². The van der Waals surface area contributed by atoms with Crippen molar-refractivity contribution in [1.29, 1.82) is 5.41 Å². The Labute approximate surface area is 231 Å². The SMILES string of the molecule is Cc1ncc(C(CC(=O)OC(C)(C)C)Nc2ccc(OCCc3ccc4c(n3)NC(C)CC4)cc2C=N)cn1.[HH]. The maximum Gasteiger partial charge on any atom is 0.308 e. The minimum atomic E-state index is -0.589. The second-order valence-corrected chi connectivity index (χ2v) is 10.9. The summed E-state index contributed by atoms with van der Waals surface area (Å²) in [5, 5.41) is 14.8. The number of fused-ring (bicyclic) bond motifs is 1. The minimum Gasteiger partial charge on any atom is -0.493 e. The molecule has 0 fully saturated rings. The van der Waals surface area contributed by atoms with Gasteiger partial charge in [0, 0.05) is 55.0 Å². The van der Waals surface area contributed by atoms with Gasteiger partial charge in [0.2, 0.25) is 0 Å². The second-order valence-electron chi connectivity index (χ2n) is 10.9. The lowest BCUT2D eigenvalue weighted by atomic mass is 10.0. The summed E-state index contributed by atoms with van der Waals surface area (Å²) < 4.78 is 11.6. The number of hydrogen-bond donors (Lipinski definition) is 3. The fraction of sp³-hybridized carbons (Fsp3) is 0.433. The Bertz CT molecular complexity index is 1310. The Morgan fingerprint density at radius 2 is 2.03 bits per heavy atom. The van der Waals surface area contributed by atoms with Crippen LogP contribution in [-0.4, -0.2) is 45.4 Å². The van der Waals surface area contributed by atoms with E-state index in [1.165, 1.54) is 11.8 Å². The highest BCUT2D eigenvalue weighted by Gasteiger charge is 2.23. The largest absolute Gasteiger partial charge is 0.493 e. The van der Waals surface area contributed by atoms with E-state index in [1.54, 1.807) is 12.4 Å². The van der Waals surface area contributed by atoms with Gasteiger partial charge in [-0.25, -0.2) is 15.0 Å². The number of esters is 1. The molecule has 0 amide bonds. The molecule has 0 saturated heterocycles. The van der Waals surface area contributed by atoms with Gasteiger partial charge in [0.25, 0.3) is 0 Å². The molecular weight excluding hydrogens is 492 g/mol. The highest BCUT2D eigenvalue weighted by atomic mass is 16.6. The summed E-state index contributed by atoms with van der Waals surface area (Å²) in [5.41, 5.74) is 3.74. The summed E-state index contributed by atoms with van der Waals surface area (Å²) in [6, 6.07) is 9.74. The third-order valence-corrected chi connectivity index (χ3v) is 6.40. The molecule has 2 aromatic heterocycles. The Morgan fingerprint density at radius 1 is 1.26 bits per heavy atom. The molecule has 39 heavy (non-hydrogen) atoms. The number of anilines is 2. The van der Waals surface area contributed by atoms with Crippen LogP contribution >= 0.6 is 0 Å². The molecule has 3 aromatic rings. The number of aryl methyl sites for hydroxylation is 2. The van der Waals surface area contributed by atoms with E-state index in [4.69, 9.17) is 19.9 Å². The van der Waals surface area contributed by atoms with Crippen molar-refractivity contribution in [3.63, 3.8) is 0 Å². The predicted octanol–water partition coefficient (Wildman–Crippen LogP) is 5.68. The van der Waals surface area contributed by atoms with Gasteiger partial charge in [-0.2, -0.15) is 0 Å². The highest BCUT2D eigenvalue weighted by Crippen LogP contribution is 2.28. The van der Waals surface area contributed by atoms with Crippen LogP contribution in [0.25, 0.3) is 0 Å². The van der Waals surface area contributed by atoms with Gasteiger partial charge in [0.1, 0.15) is 23.0 Å². The number of rotatable bonds is 10. The van der Waals surface area contributed by atoms with Crippen molar-refractivity contribution in [2.24, 2.45) is 0 Å². The van der Waals surface area contributed by atoms with Crippen molar-refractivity contribution >= 4 is 23.7 Å². The Kier molecular flexibility index (Phi) is 8.79. The Hall–Kier alpha value is -4.01. The fourth-order valence-electron chi connectivity index (χ4n) is 4.40. The van der Waals surface area contributed by atoms with E-state index in [9.17, 15) is 4.79 Å². The van der Waals surface area contributed by atoms with Gasteiger partial charge >= 0.3 is 5.97 Å². The van der Waals surface area contributed by atoms with Crippen molar-refractivity contribution in [3.05, 3.63) is 70.9 Å². The summed E-state index contributed by atoms with van der Waals surface area (Å²) >= 11 is 0. The summed E-state index contributed by atoms with van der Waals surface area (Å²) in [5.74, 6) is 1.95. The van der Waals surface area contributed by atoms with Crippen molar-refractivity contribution in [3.8, 4) is 5.75 Å². The van der Waals surface area contributed by atoms with Crippen LogP contribution in [0, 0.1) is 12.3 Å². The average molecular weight is 533 g/mol. The first-order valence-electron chi connectivity index (χ1n) is 13.4. The lowest BCUT2D eigenvalue weighted by Gasteiger charge is -2.24. The van der Waals surface area contributed by atoms with Crippen molar-refractivity contribution in [2.75, 3.05) is 17.2 Å². The van der Waals surface area contributed by atoms with Gasteiger partial charge in [-0.1, -0.05) is 6.07 Å². The van der Waals surface area contributed by atoms with Crippen LogP contribution in [0.5, 0.6) is 5.75 Å². The molecule has 1 aliphatic rings. The van der Waals surface area contributed by atoms with Gasteiger partial charge in [-0.3, -0.25) is 4.79 Å². The third kappa shape index (κ3) is 7.99. The molecule has 0 spiro atoms. The van der Waals surface area contributed by atoms with Gasteiger partial charge in [0.05, 0.1) is 19.1 Å². The zero-order valence-corrected chi connectivity index (χ0v) is 23.4. The molecule has 9 heteroatoms. The van der Waals surface area contributed by atoms with E-state index < -0.39 is 11.6 Å². The number of benzene rings is 1. The summed E-state index contributed by atoms with van der Waals surface area (Å²) in [7, 11) is 0. The molecule has 0 bridgehead atoms. The molecule has 2 atom stereocenters. The Balaban J connectivity index is 0.00000441. The van der Waals surface area contributed by atoms with E-state index in [0.717, 1.165) is 29.9 Å². The normalized spacial score (nSPS) is 15.5. The first-order chi connectivity index (χ1) is 18.6. The number of pyridine rings is 1. The van der Waals surface area contributed by atoms with Gasteiger partial charge < -0.3 is 25.5 Å². The third-order valence-electron chi connectivity index (χ3n) is 6.40. The number of carbonyl (C=O) groups is 1. The lowest BCUT2D eigenvalue weighted by Crippen LogP contribution is -2.26. The zero-order valence-electron chi connectivity index (χ0n) is 23.4. The monoisotopic (exact) mass is 532 g/mol. The summed E-state index contributed by atoms with van der Waals surface area (Å²) in [6.45, 7) is 9.97. The molecule has 3 N–H and O–H groups in total. The van der Waals surface area contributed by atoms with Crippen LogP contribution in [-0.2, 0) is 22.4 Å². The molecule has 4 rings (SSSR count). The molecule has 1 aromatic carbocycles. The molecular formula is C30H40N6O3. The number of nitrogens with zero attached hydrogens (tertiary/aromatic N) is 3. The van der Waals surface area contributed by atoms with Gasteiger partial charge in [-0.15, -0.1) is 0 Å². The first kappa shape index (κ1) is 28.0. The van der Waals surface area contributed by atoms with Crippen molar-refractivity contribution < 1.29 is 15.7 Å². The summed E-state index contributed by atoms with van der Waals surface area (Å²) in [6.07, 6.45) is 7.61. The van der Waals surface area contributed by atoms with Crippen LogP contribution in [0.3, 0.4) is 0 Å². The van der Waals surface area contributed by atoms with E-state index >= 15 is 0 Å². The molecule has 3 heterocycles. The lowest BCUT2D eigenvalue weighted by molar-refractivity contribution is -0.155. The summed E-state index contributed by atoms with van der Waals surface area (Å²) in [4.78, 5) is 26.0. The highest BCUT2D eigenvalue weighted by molar-refractivity contribution is 5.87. The van der Waals surface area contributed by atoms with Crippen LogP contribution in [0.4, 0.5) is 11.5 Å². The molecule has 9 nitrogen and oxygen atoms in total. The number of hydrogen-bond acceptors (Lipinski definition) is 9. The molecule has 2 unspecified atom stereocenters. The average Bonchev–Trinajstić information content (AvgIpc) is 2.88. The van der Waals surface area contributed by atoms with Crippen LogP contribution in [0.1, 0.15) is 76.2 Å². The number of nitrogens with one attached hydrogen (secondary N) is 3. The zero-order chi connectivity index (χ0) is 28.0. The predicted molar refractivity (Wildman–Crippen MR) is 155 cm³/mol. The Morgan fingerprint density at radius 3 is 2.74 bits per heavy atom. The minimum absolute atomic E-state index is 0. The maximum atomic E-state index is 12.7. The molecule has 1 aliphatic heterocycles. The van der Waals surface area contributed by atoms with Gasteiger partial charge in [-0.05, 0) is 77.3 Å². The maximum absolute atomic E-state index is 12.7. The van der Waals surface area contributed by atoms with E-state index in [2.05, 4.69) is 39.7 Å². The fourth-order valence-corrected chi connectivity index (χ4v) is 4.40. The van der Waals surface area contributed by atoms with E-state index in [-0.39, 0.29) is 13.8 Å². The first-order valence-corrected chi connectivity index (χ1v) is 13.4. The smallest absolute Gasteiger partial charge is 0.308 e. The molecule has 0 aliphatic carbocycles. The van der Waals surface area contributed by atoms with Crippen LogP contribution in [0.15, 0.2) is 42.7 Å². The molecule has 0 radical (unpaired) electrons. The van der Waals surface area contributed by atoms with E-state index in [0.29, 0.717) is 41.9 Å². The number of carbonyl (C=O) groups excluding carboxylic acids is 1. The molecule has 208 valence electrons. The number of ether oxygens (including phenoxy) is 2. The quantitative estimate of drug-likeness (QED) is 0.225. The second kappa shape index (κ2) is 12.2. The van der Waals surface area contributed by atoms with Crippen LogP contribution < -0.4 is 15.4 Å². The molecule has 0 saturated carbocycles. The van der Waals surface area contributed by atoms with E-state index in [1.807, 2.05) is 45.9 Å².